The van der Waals surface area contributed by atoms with E-state index in [0.717, 1.165) is 66.2 Å². The fraction of sp³-hybridized carbons (Fsp3) is 0.375. The van der Waals surface area contributed by atoms with Gasteiger partial charge in [0.2, 0.25) is 5.91 Å². The highest BCUT2D eigenvalue weighted by atomic mass is 16.2. The SMILES string of the molecule is C=CC(=O)N1CCC(NC2CCc3cc(-n4c(-c5cccnc5N)nc5ccc(C6CC6)nc54)ccc32)C[C@H]1C. The zero-order valence-corrected chi connectivity index (χ0v) is 22.9. The van der Waals surface area contributed by atoms with Gasteiger partial charge in [0.05, 0.1) is 5.56 Å². The number of amides is 1. The maximum absolute atomic E-state index is 12.2. The number of fused-ring (bicyclic) bond motifs is 2. The minimum absolute atomic E-state index is 0.0304. The first-order chi connectivity index (χ1) is 19.5. The quantitative estimate of drug-likeness (QED) is 0.335. The molecule has 3 N–H and O–H groups in total. The van der Waals surface area contributed by atoms with Crippen molar-refractivity contribution in [1.82, 2.24) is 29.7 Å². The molecule has 4 heterocycles. The van der Waals surface area contributed by atoms with Gasteiger partial charge in [-0.2, -0.15) is 0 Å². The summed E-state index contributed by atoms with van der Waals surface area (Å²) in [5, 5.41) is 3.92. The van der Waals surface area contributed by atoms with E-state index in [0.29, 0.717) is 23.8 Å². The minimum Gasteiger partial charge on any atom is -0.383 e. The number of nitrogens with two attached hydrogens (primary N) is 1. The number of piperidine rings is 1. The van der Waals surface area contributed by atoms with Gasteiger partial charge < -0.3 is 16.0 Å². The number of rotatable bonds is 6. The van der Waals surface area contributed by atoms with E-state index in [1.54, 1.807) is 6.20 Å². The van der Waals surface area contributed by atoms with Crippen LogP contribution in [0.15, 0.2) is 61.3 Å². The number of likely N-dealkylation sites (tertiary alicyclic amines) is 1. The summed E-state index contributed by atoms with van der Waals surface area (Å²) >= 11 is 0. The Bertz CT molecular complexity index is 1620. The molecule has 1 aromatic carbocycles. The Kier molecular flexibility index (Phi) is 6.15. The van der Waals surface area contributed by atoms with Gasteiger partial charge in [-0.15, -0.1) is 0 Å². The molecular formula is C32H35N7O. The van der Waals surface area contributed by atoms with Crippen LogP contribution in [-0.2, 0) is 11.2 Å². The molecule has 0 bridgehead atoms. The molecule has 3 aromatic heterocycles. The van der Waals surface area contributed by atoms with Crippen molar-refractivity contribution >= 4 is 22.9 Å². The third-order valence-corrected chi connectivity index (χ3v) is 8.83. The predicted octanol–water partition coefficient (Wildman–Crippen LogP) is 5.08. The highest BCUT2D eigenvalue weighted by Gasteiger charge is 2.32. The van der Waals surface area contributed by atoms with E-state index in [1.165, 1.54) is 30.0 Å². The Morgan fingerprint density at radius 3 is 2.77 bits per heavy atom. The molecule has 3 aliphatic rings. The summed E-state index contributed by atoms with van der Waals surface area (Å²) in [6.07, 6.45) is 9.52. The molecule has 40 heavy (non-hydrogen) atoms. The Hall–Kier alpha value is -4.04. The smallest absolute Gasteiger partial charge is 0.246 e. The zero-order valence-electron chi connectivity index (χ0n) is 22.9. The molecule has 2 fully saturated rings. The van der Waals surface area contributed by atoms with E-state index in [1.807, 2.05) is 17.0 Å². The van der Waals surface area contributed by atoms with Crippen molar-refractivity contribution in [1.29, 1.82) is 0 Å². The normalized spacial score (nSPS) is 22.4. The summed E-state index contributed by atoms with van der Waals surface area (Å²) in [6, 6.07) is 15.8. The minimum atomic E-state index is 0.0304. The van der Waals surface area contributed by atoms with Crippen LogP contribution in [0.25, 0.3) is 28.2 Å². The Morgan fingerprint density at radius 1 is 1.12 bits per heavy atom. The Labute approximate surface area is 234 Å². The van der Waals surface area contributed by atoms with Crippen LogP contribution in [0.1, 0.15) is 67.8 Å². The van der Waals surface area contributed by atoms with Crippen molar-refractivity contribution in [3.63, 3.8) is 0 Å². The van der Waals surface area contributed by atoms with Crippen molar-refractivity contribution < 1.29 is 4.79 Å². The molecule has 1 saturated carbocycles. The molecule has 3 atom stereocenters. The van der Waals surface area contributed by atoms with Gasteiger partial charge in [-0.1, -0.05) is 12.6 Å². The second-order valence-electron chi connectivity index (χ2n) is 11.5. The molecule has 4 aromatic rings. The van der Waals surface area contributed by atoms with Gasteiger partial charge in [0.15, 0.2) is 11.5 Å². The summed E-state index contributed by atoms with van der Waals surface area (Å²) in [7, 11) is 0. The third-order valence-electron chi connectivity index (χ3n) is 8.83. The Balaban J connectivity index is 1.21. The van der Waals surface area contributed by atoms with Crippen LogP contribution in [0.5, 0.6) is 0 Å². The average Bonchev–Trinajstić information content (AvgIpc) is 3.65. The van der Waals surface area contributed by atoms with Crippen molar-refractivity contribution in [3.8, 4) is 17.1 Å². The summed E-state index contributed by atoms with van der Waals surface area (Å²) in [5.41, 5.74) is 13.8. The lowest BCUT2D eigenvalue weighted by molar-refractivity contribution is -0.129. The van der Waals surface area contributed by atoms with E-state index >= 15 is 0 Å². The summed E-state index contributed by atoms with van der Waals surface area (Å²) in [5.74, 6) is 1.81. The number of nitrogen functional groups attached to an aromatic ring is 1. The number of anilines is 1. The number of nitrogens with zero attached hydrogens (tertiary/aromatic N) is 5. The lowest BCUT2D eigenvalue weighted by Crippen LogP contribution is -2.49. The molecule has 1 aliphatic heterocycles. The van der Waals surface area contributed by atoms with Crippen LogP contribution in [-0.4, -0.2) is 49.0 Å². The fourth-order valence-corrected chi connectivity index (χ4v) is 6.58. The maximum Gasteiger partial charge on any atom is 0.246 e. The standard InChI is InChI=1S/C32H35N7O/c1-3-29(40)38-16-14-22(17-19(38)2)35-27-11-8-21-18-23(9-10-24(21)27)39-31(25-5-4-15-34-30(25)33)37-28-13-12-26(20-6-7-20)36-32(28)39/h3-5,9-10,12-13,15,18-20,22,27,35H,1,6-8,11,14,16-17H2,2H3,(H2,33,34)/t19-,22?,27?/m1/s1. The van der Waals surface area contributed by atoms with Gasteiger partial charge in [-0.05, 0) is 99.0 Å². The van der Waals surface area contributed by atoms with Crippen LogP contribution in [0.4, 0.5) is 5.82 Å². The molecular weight excluding hydrogens is 498 g/mol. The molecule has 0 spiro atoms. The topological polar surface area (TPSA) is 102 Å². The monoisotopic (exact) mass is 533 g/mol. The van der Waals surface area contributed by atoms with Gasteiger partial charge in [0.25, 0.3) is 0 Å². The second kappa shape index (κ2) is 9.86. The van der Waals surface area contributed by atoms with E-state index < -0.39 is 0 Å². The maximum atomic E-state index is 12.2. The van der Waals surface area contributed by atoms with Crippen molar-refractivity contribution in [3.05, 3.63) is 78.1 Å². The molecule has 1 saturated heterocycles. The van der Waals surface area contributed by atoms with Gasteiger partial charge in [0, 0.05) is 48.2 Å². The van der Waals surface area contributed by atoms with E-state index in [2.05, 4.69) is 58.7 Å². The van der Waals surface area contributed by atoms with Crippen molar-refractivity contribution in [2.45, 2.75) is 69.5 Å². The molecule has 8 heteroatoms. The molecule has 7 rings (SSSR count). The molecule has 2 unspecified atom stereocenters. The number of benzene rings is 1. The van der Waals surface area contributed by atoms with E-state index in [9.17, 15) is 4.79 Å². The molecule has 0 radical (unpaired) electrons. The van der Waals surface area contributed by atoms with Crippen LogP contribution in [0.3, 0.4) is 0 Å². The number of aryl methyl sites for hydroxylation is 1. The number of aromatic nitrogens is 4. The van der Waals surface area contributed by atoms with Crippen molar-refractivity contribution in [2.24, 2.45) is 0 Å². The van der Waals surface area contributed by atoms with Crippen LogP contribution >= 0.6 is 0 Å². The molecule has 8 nitrogen and oxygen atoms in total. The number of hydrogen-bond acceptors (Lipinski definition) is 6. The van der Waals surface area contributed by atoms with E-state index in [-0.39, 0.29) is 11.9 Å². The lowest BCUT2D eigenvalue weighted by atomic mass is 9.96. The predicted molar refractivity (Wildman–Crippen MR) is 157 cm³/mol. The summed E-state index contributed by atoms with van der Waals surface area (Å²) < 4.78 is 2.16. The van der Waals surface area contributed by atoms with Gasteiger partial charge in [0.1, 0.15) is 11.3 Å². The third kappa shape index (κ3) is 4.36. The zero-order chi connectivity index (χ0) is 27.4. The van der Waals surface area contributed by atoms with Crippen molar-refractivity contribution in [2.75, 3.05) is 12.3 Å². The van der Waals surface area contributed by atoms with Gasteiger partial charge in [-0.25, -0.2) is 15.0 Å². The summed E-state index contributed by atoms with van der Waals surface area (Å²) in [4.78, 5) is 28.5. The highest BCUT2D eigenvalue weighted by Crippen LogP contribution is 2.41. The number of carbonyl (C=O) groups excluding carboxylic acids is 1. The van der Waals surface area contributed by atoms with Gasteiger partial charge in [-0.3, -0.25) is 9.36 Å². The highest BCUT2D eigenvalue weighted by molar-refractivity contribution is 5.87. The summed E-state index contributed by atoms with van der Waals surface area (Å²) in [6.45, 7) is 6.56. The number of pyridine rings is 2. The first-order valence-corrected chi connectivity index (χ1v) is 14.4. The largest absolute Gasteiger partial charge is 0.383 e. The van der Waals surface area contributed by atoms with Crippen LogP contribution < -0.4 is 11.1 Å². The number of carbonyl (C=O) groups is 1. The Morgan fingerprint density at radius 2 is 2.00 bits per heavy atom. The molecule has 2 aliphatic carbocycles. The average molecular weight is 534 g/mol. The number of hydrogen-bond donors (Lipinski definition) is 2. The van der Waals surface area contributed by atoms with E-state index in [4.69, 9.17) is 15.7 Å². The van der Waals surface area contributed by atoms with Crippen LogP contribution in [0.2, 0.25) is 0 Å². The second-order valence-corrected chi connectivity index (χ2v) is 11.5. The number of imidazole rings is 1. The molecule has 1 amide bonds. The number of nitrogens with one attached hydrogen (secondary N) is 1. The van der Waals surface area contributed by atoms with Gasteiger partial charge >= 0.3 is 0 Å². The first-order valence-electron chi connectivity index (χ1n) is 14.4. The fourth-order valence-electron chi connectivity index (χ4n) is 6.58. The van der Waals surface area contributed by atoms with Crippen LogP contribution in [0, 0.1) is 0 Å². The molecule has 204 valence electrons. The lowest BCUT2D eigenvalue weighted by Gasteiger charge is -2.38. The first kappa shape index (κ1) is 25.0.